The number of anilines is 1. The van der Waals surface area contributed by atoms with Crippen molar-refractivity contribution >= 4 is 35.6 Å². The van der Waals surface area contributed by atoms with Crippen molar-refractivity contribution in [2.75, 3.05) is 11.9 Å². The Kier molecular flexibility index (Phi) is 7.78. The van der Waals surface area contributed by atoms with Gasteiger partial charge in [0.05, 0.1) is 12.5 Å². The number of aliphatic imine (C=N–C) groups is 1. The molecule has 0 spiro atoms. The van der Waals surface area contributed by atoms with Crippen LogP contribution in [-0.2, 0) is 6.42 Å². The molecule has 0 fully saturated rings. The summed E-state index contributed by atoms with van der Waals surface area (Å²) in [5.74, 6) is 1.47. The number of nitrogens with zero attached hydrogens (tertiary/aromatic N) is 3. The Balaban J connectivity index is 0.00000261. The summed E-state index contributed by atoms with van der Waals surface area (Å²) in [6.45, 7) is 4.56. The molecule has 0 radical (unpaired) electrons. The molecule has 0 saturated heterocycles. The van der Waals surface area contributed by atoms with Crippen molar-refractivity contribution in [3.8, 4) is 11.4 Å². The second-order valence-corrected chi connectivity index (χ2v) is 6.13. The number of hydrogen-bond donors (Lipinski definition) is 2. The Hall–Kier alpha value is -2.42. The van der Waals surface area contributed by atoms with Crippen molar-refractivity contribution in [2.24, 2.45) is 10.7 Å². The summed E-state index contributed by atoms with van der Waals surface area (Å²) in [7, 11) is 0. The van der Waals surface area contributed by atoms with E-state index in [9.17, 15) is 0 Å². The molecule has 0 amide bonds. The molecule has 1 unspecified atom stereocenters. The molecule has 27 heavy (non-hydrogen) atoms. The number of halogens is 1. The van der Waals surface area contributed by atoms with Crippen molar-refractivity contribution in [2.45, 2.75) is 26.2 Å². The van der Waals surface area contributed by atoms with Gasteiger partial charge in [-0.25, -0.2) is 0 Å². The molecular formula is C20H24IN5O. The van der Waals surface area contributed by atoms with Crippen LogP contribution in [0.1, 0.15) is 31.2 Å². The summed E-state index contributed by atoms with van der Waals surface area (Å²) in [5, 5.41) is 7.16. The third-order valence-corrected chi connectivity index (χ3v) is 4.04. The maximum atomic E-state index is 5.99. The van der Waals surface area contributed by atoms with Gasteiger partial charge < -0.3 is 15.6 Å². The molecule has 0 saturated carbocycles. The number of nitrogens with one attached hydrogen (secondary N) is 1. The zero-order chi connectivity index (χ0) is 18.4. The van der Waals surface area contributed by atoms with Gasteiger partial charge in [-0.3, -0.25) is 4.99 Å². The predicted octanol–water partition coefficient (Wildman–Crippen LogP) is 4.45. The quantitative estimate of drug-likeness (QED) is 0.311. The highest BCUT2D eigenvalue weighted by Gasteiger charge is 2.15. The SMILES string of the molecule is CCc1cccc(NC(N)=NCC(C)c2nc(-c3ccccc3)no2)c1.I. The maximum absolute atomic E-state index is 5.99. The van der Waals surface area contributed by atoms with Gasteiger partial charge in [-0.1, -0.05) is 61.5 Å². The molecule has 1 aromatic heterocycles. The zero-order valence-electron chi connectivity index (χ0n) is 15.4. The molecule has 1 heterocycles. The van der Waals surface area contributed by atoms with Crippen molar-refractivity contribution < 1.29 is 4.52 Å². The van der Waals surface area contributed by atoms with Gasteiger partial charge in [-0.05, 0) is 24.1 Å². The fourth-order valence-corrected chi connectivity index (χ4v) is 2.51. The number of rotatable bonds is 6. The van der Waals surface area contributed by atoms with Gasteiger partial charge in [0.25, 0.3) is 0 Å². The Morgan fingerprint density at radius 2 is 1.96 bits per heavy atom. The fourth-order valence-electron chi connectivity index (χ4n) is 2.51. The first-order valence-corrected chi connectivity index (χ1v) is 8.70. The van der Waals surface area contributed by atoms with Crippen LogP contribution in [0, 0.1) is 0 Å². The predicted molar refractivity (Wildman–Crippen MR) is 119 cm³/mol. The normalized spacial score (nSPS) is 12.3. The molecule has 0 aliphatic rings. The first kappa shape index (κ1) is 20.9. The van der Waals surface area contributed by atoms with E-state index in [-0.39, 0.29) is 29.9 Å². The number of guanidine groups is 1. The summed E-state index contributed by atoms with van der Waals surface area (Å²) in [4.78, 5) is 8.85. The van der Waals surface area contributed by atoms with Gasteiger partial charge in [-0.15, -0.1) is 24.0 Å². The average molecular weight is 477 g/mol. The van der Waals surface area contributed by atoms with E-state index in [1.807, 2.05) is 49.4 Å². The Labute approximate surface area is 176 Å². The molecule has 0 aliphatic carbocycles. The van der Waals surface area contributed by atoms with E-state index in [0.29, 0.717) is 24.2 Å². The largest absolute Gasteiger partial charge is 0.370 e. The van der Waals surface area contributed by atoms with Crippen molar-refractivity contribution in [3.63, 3.8) is 0 Å². The third-order valence-electron chi connectivity index (χ3n) is 4.04. The van der Waals surface area contributed by atoms with E-state index in [2.05, 4.69) is 39.5 Å². The minimum absolute atomic E-state index is 0. The monoisotopic (exact) mass is 477 g/mol. The highest BCUT2D eigenvalue weighted by molar-refractivity contribution is 14.0. The highest BCUT2D eigenvalue weighted by atomic mass is 127. The molecule has 3 aromatic rings. The topological polar surface area (TPSA) is 89.3 Å². The van der Waals surface area contributed by atoms with E-state index < -0.39 is 0 Å². The molecular weight excluding hydrogens is 453 g/mol. The van der Waals surface area contributed by atoms with Crippen LogP contribution in [-0.4, -0.2) is 22.6 Å². The van der Waals surface area contributed by atoms with Crippen LogP contribution in [0.2, 0.25) is 0 Å². The van der Waals surface area contributed by atoms with Crippen LogP contribution >= 0.6 is 24.0 Å². The molecule has 0 aliphatic heterocycles. The van der Waals surface area contributed by atoms with Crippen LogP contribution in [0.3, 0.4) is 0 Å². The molecule has 0 bridgehead atoms. The van der Waals surface area contributed by atoms with E-state index in [1.54, 1.807) is 0 Å². The number of benzene rings is 2. The van der Waals surface area contributed by atoms with Gasteiger partial charge in [0.2, 0.25) is 11.7 Å². The number of nitrogens with two attached hydrogens (primary N) is 1. The first-order chi connectivity index (χ1) is 12.7. The molecule has 142 valence electrons. The van der Waals surface area contributed by atoms with Gasteiger partial charge in [0.1, 0.15) is 0 Å². The van der Waals surface area contributed by atoms with E-state index in [1.165, 1.54) is 5.56 Å². The summed E-state index contributed by atoms with van der Waals surface area (Å²) in [6, 6.07) is 17.9. The number of aryl methyl sites for hydroxylation is 1. The molecule has 2 aromatic carbocycles. The molecule has 1 atom stereocenters. The van der Waals surface area contributed by atoms with Crippen LogP contribution in [0.4, 0.5) is 5.69 Å². The van der Waals surface area contributed by atoms with Gasteiger partial charge in [0.15, 0.2) is 5.96 Å². The van der Waals surface area contributed by atoms with Crippen LogP contribution in [0.15, 0.2) is 64.1 Å². The lowest BCUT2D eigenvalue weighted by Gasteiger charge is -2.08. The maximum Gasteiger partial charge on any atom is 0.231 e. The van der Waals surface area contributed by atoms with E-state index >= 15 is 0 Å². The standard InChI is InChI=1S/C20H23N5O.HI/c1-3-15-8-7-11-17(12-15)23-20(21)22-13-14(2)19-24-18(25-26-19)16-9-5-4-6-10-16;/h4-12,14H,3,13H2,1-2H3,(H3,21,22,23);1H. The van der Waals surface area contributed by atoms with Gasteiger partial charge in [0, 0.05) is 11.3 Å². The van der Waals surface area contributed by atoms with Crippen LogP contribution in [0.25, 0.3) is 11.4 Å². The summed E-state index contributed by atoms with van der Waals surface area (Å²) in [5.41, 5.74) is 9.10. The van der Waals surface area contributed by atoms with Crippen molar-refractivity contribution in [1.29, 1.82) is 0 Å². The Morgan fingerprint density at radius 1 is 1.19 bits per heavy atom. The van der Waals surface area contributed by atoms with Crippen molar-refractivity contribution in [3.05, 3.63) is 66.1 Å². The lowest BCUT2D eigenvalue weighted by Crippen LogP contribution is -2.23. The molecule has 3 rings (SSSR count). The first-order valence-electron chi connectivity index (χ1n) is 8.70. The highest BCUT2D eigenvalue weighted by Crippen LogP contribution is 2.19. The number of aromatic nitrogens is 2. The fraction of sp³-hybridized carbons (Fsp3) is 0.250. The molecule has 6 nitrogen and oxygen atoms in total. The number of hydrogen-bond acceptors (Lipinski definition) is 4. The van der Waals surface area contributed by atoms with Crippen molar-refractivity contribution in [1.82, 2.24) is 10.1 Å². The van der Waals surface area contributed by atoms with Crippen LogP contribution < -0.4 is 11.1 Å². The van der Waals surface area contributed by atoms with Gasteiger partial charge in [-0.2, -0.15) is 4.98 Å². The Morgan fingerprint density at radius 3 is 2.70 bits per heavy atom. The van der Waals surface area contributed by atoms with Gasteiger partial charge >= 0.3 is 0 Å². The second kappa shape index (κ2) is 10.1. The second-order valence-electron chi connectivity index (χ2n) is 6.13. The minimum atomic E-state index is -0.0257. The smallest absolute Gasteiger partial charge is 0.231 e. The van der Waals surface area contributed by atoms with E-state index in [4.69, 9.17) is 10.3 Å². The third kappa shape index (κ3) is 5.78. The zero-order valence-corrected chi connectivity index (χ0v) is 17.8. The van der Waals surface area contributed by atoms with Crippen LogP contribution in [0.5, 0.6) is 0 Å². The average Bonchev–Trinajstić information content (AvgIpc) is 3.17. The molecule has 7 heteroatoms. The summed E-state index contributed by atoms with van der Waals surface area (Å²) >= 11 is 0. The van der Waals surface area contributed by atoms with E-state index in [0.717, 1.165) is 17.7 Å². The minimum Gasteiger partial charge on any atom is -0.370 e. The molecule has 3 N–H and O–H groups in total. The Bertz CT molecular complexity index is 879. The summed E-state index contributed by atoms with van der Waals surface area (Å²) in [6.07, 6.45) is 0.977. The lowest BCUT2D eigenvalue weighted by molar-refractivity contribution is 0.361. The lowest BCUT2D eigenvalue weighted by atomic mass is 10.1. The summed E-state index contributed by atoms with van der Waals surface area (Å²) < 4.78 is 5.37.